The molecule has 0 aromatic heterocycles. The molecule has 7 heteroatoms. The topological polar surface area (TPSA) is 75.6 Å². The minimum Gasteiger partial charge on any atom is -0.507 e. The first kappa shape index (κ1) is 17.4. The number of halogens is 2. The molecule has 0 fully saturated rings. The highest BCUT2D eigenvalue weighted by Gasteiger charge is 2.22. The van der Waals surface area contributed by atoms with Crippen LogP contribution in [-0.2, 0) is 9.53 Å². The van der Waals surface area contributed by atoms with Gasteiger partial charge in [0.1, 0.15) is 22.9 Å². The smallest absolute Gasteiger partial charge is 0.342 e. The average molecular weight is 335 g/mol. The van der Waals surface area contributed by atoms with E-state index in [1.165, 1.54) is 19.1 Å². The number of ether oxygens (including phenoxy) is 1. The largest absolute Gasteiger partial charge is 0.507 e. The van der Waals surface area contributed by atoms with Gasteiger partial charge in [-0.05, 0) is 38.1 Å². The monoisotopic (exact) mass is 335 g/mol. The second-order valence-electron chi connectivity index (χ2n) is 5.18. The number of hydrogen-bond acceptors (Lipinski definition) is 4. The molecule has 24 heavy (non-hydrogen) atoms. The SMILES string of the molecule is Cc1ccc(O)c(C(=O)O[C@@H](C)C(=O)Nc2cc(F)ccc2F)c1. The van der Waals surface area contributed by atoms with Gasteiger partial charge in [0.2, 0.25) is 0 Å². The van der Waals surface area contributed by atoms with Crippen molar-refractivity contribution in [3.8, 4) is 5.75 Å². The maximum atomic E-state index is 13.5. The molecule has 0 unspecified atom stereocenters. The summed E-state index contributed by atoms with van der Waals surface area (Å²) in [4.78, 5) is 24.0. The van der Waals surface area contributed by atoms with Crippen molar-refractivity contribution in [2.24, 2.45) is 0 Å². The Balaban J connectivity index is 2.07. The van der Waals surface area contributed by atoms with Gasteiger partial charge in [-0.25, -0.2) is 13.6 Å². The minimum absolute atomic E-state index is 0.0911. The summed E-state index contributed by atoms with van der Waals surface area (Å²) in [6, 6.07) is 6.94. The normalized spacial score (nSPS) is 11.7. The van der Waals surface area contributed by atoms with Crippen LogP contribution in [0.25, 0.3) is 0 Å². The molecule has 2 rings (SSSR count). The molecule has 1 amide bonds. The molecule has 2 aromatic carbocycles. The van der Waals surface area contributed by atoms with Gasteiger partial charge in [-0.15, -0.1) is 0 Å². The van der Waals surface area contributed by atoms with Crippen LogP contribution in [0.5, 0.6) is 5.75 Å². The number of amides is 1. The number of hydrogen-bond donors (Lipinski definition) is 2. The molecule has 126 valence electrons. The number of rotatable bonds is 4. The number of anilines is 1. The molecule has 0 saturated carbocycles. The van der Waals surface area contributed by atoms with Crippen molar-refractivity contribution in [2.75, 3.05) is 5.32 Å². The molecule has 2 aromatic rings. The summed E-state index contributed by atoms with van der Waals surface area (Å²) in [5.74, 6) is -3.56. The van der Waals surface area contributed by atoms with Crippen molar-refractivity contribution >= 4 is 17.6 Å². The Labute approximate surface area is 136 Å². The van der Waals surface area contributed by atoms with Crippen molar-refractivity contribution in [2.45, 2.75) is 20.0 Å². The van der Waals surface area contributed by atoms with Crippen LogP contribution in [0.2, 0.25) is 0 Å². The maximum Gasteiger partial charge on any atom is 0.342 e. The summed E-state index contributed by atoms with van der Waals surface area (Å²) < 4.78 is 31.5. The molecule has 0 saturated heterocycles. The van der Waals surface area contributed by atoms with Gasteiger partial charge in [-0.3, -0.25) is 4.79 Å². The zero-order valence-electron chi connectivity index (χ0n) is 13.0. The lowest BCUT2D eigenvalue weighted by Gasteiger charge is -2.14. The molecule has 0 heterocycles. The fourth-order valence-corrected chi connectivity index (χ4v) is 1.92. The first-order valence-corrected chi connectivity index (χ1v) is 7.04. The number of phenols is 1. The highest BCUT2D eigenvalue weighted by Crippen LogP contribution is 2.20. The van der Waals surface area contributed by atoms with Crippen molar-refractivity contribution in [1.29, 1.82) is 0 Å². The molecule has 0 bridgehead atoms. The van der Waals surface area contributed by atoms with Gasteiger partial charge in [0, 0.05) is 6.07 Å². The third kappa shape index (κ3) is 4.07. The highest BCUT2D eigenvalue weighted by molar-refractivity contribution is 5.98. The van der Waals surface area contributed by atoms with Crippen LogP contribution in [0.15, 0.2) is 36.4 Å². The van der Waals surface area contributed by atoms with Gasteiger partial charge in [-0.2, -0.15) is 0 Å². The average Bonchev–Trinajstić information content (AvgIpc) is 2.53. The van der Waals surface area contributed by atoms with Gasteiger partial charge >= 0.3 is 5.97 Å². The Morgan fingerprint density at radius 1 is 1.17 bits per heavy atom. The van der Waals surface area contributed by atoms with E-state index in [1.807, 2.05) is 0 Å². The summed E-state index contributed by atoms with van der Waals surface area (Å²) in [5.41, 5.74) is 0.270. The highest BCUT2D eigenvalue weighted by atomic mass is 19.1. The van der Waals surface area contributed by atoms with Crippen LogP contribution in [0.4, 0.5) is 14.5 Å². The second kappa shape index (κ2) is 7.08. The van der Waals surface area contributed by atoms with Crippen molar-refractivity contribution in [1.82, 2.24) is 0 Å². The van der Waals surface area contributed by atoms with E-state index < -0.39 is 29.6 Å². The summed E-state index contributed by atoms with van der Waals surface area (Å²) in [6.07, 6.45) is -1.28. The van der Waals surface area contributed by atoms with E-state index in [4.69, 9.17) is 4.74 Å². The lowest BCUT2D eigenvalue weighted by Crippen LogP contribution is -2.30. The van der Waals surface area contributed by atoms with Crippen LogP contribution in [-0.4, -0.2) is 23.1 Å². The van der Waals surface area contributed by atoms with Gasteiger partial charge in [0.05, 0.1) is 5.69 Å². The Hall–Kier alpha value is -2.96. The first-order chi connectivity index (χ1) is 11.3. The summed E-state index contributed by atoms with van der Waals surface area (Å²) >= 11 is 0. The number of carbonyl (C=O) groups excluding carboxylic acids is 2. The number of benzene rings is 2. The summed E-state index contributed by atoms with van der Waals surface area (Å²) in [6.45, 7) is 3.00. The second-order valence-corrected chi connectivity index (χ2v) is 5.18. The number of aromatic hydroxyl groups is 1. The standard InChI is InChI=1S/C17H15F2NO4/c1-9-3-6-15(21)12(7-9)17(23)24-10(2)16(22)20-14-8-11(18)4-5-13(14)19/h3-8,10,21H,1-2H3,(H,20,22)/t10-/m0/s1. The number of carbonyl (C=O) groups is 2. The van der Waals surface area contributed by atoms with E-state index in [0.29, 0.717) is 0 Å². The Morgan fingerprint density at radius 3 is 2.58 bits per heavy atom. The molecule has 2 N–H and O–H groups in total. The van der Waals surface area contributed by atoms with E-state index in [0.717, 1.165) is 23.8 Å². The predicted molar refractivity (Wildman–Crippen MR) is 82.7 cm³/mol. The van der Waals surface area contributed by atoms with E-state index >= 15 is 0 Å². The fourth-order valence-electron chi connectivity index (χ4n) is 1.92. The number of aryl methyl sites for hydroxylation is 1. The van der Waals surface area contributed by atoms with Gasteiger partial charge < -0.3 is 15.2 Å². The van der Waals surface area contributed by atoms with Crippen LogP contribution in [0, 0.1) is 18.6 Å². The van der Waals surface area contributed by atoms with E-state index in [9.17, 15) is 23.5 Å². The van der Waals surface area contributed by atoms with Crippen LogP contribution < -0.4 is 5.32 Å². The quantitative estimate of drug-likeness (QED) is 0.842. The van der Waals surface area contributed by atoms with E-state index in [2.05, 4.69) is 5.32 Å². The third-order valence-corrected chi connectivity index (χ3v) is 3.21. The minimum atomic E-state index is -1.28. The molecular weight excluding hydrogens is 320 g/mol. The van der Waals surface area contributed by atoms with Crippen LogP contribution in [0.1, 0.15) is 22.8 Å². The lowest BCUT2D eigenvalue weighted by molar-refractivity contribution is -0.123. The number of esters is 1. The Bertz CT molecular complexity index is 792. The third-order valence-electron chi connectivity index (χ3n) is 3.21. The zero-order valence-corrected chi connectivity index (χ0v) is 13.0. The van der Waals surface area contributed by atoms with Gasteiger partial charge in [0.25, 0.3) is 5.91 Å². The van der Waals surface area contributed by atoms with Crippen molar-refractivity contribution in [3.63, 3.8) is 0 Å². The zero-order chi connectivity index (χ0) is 17.9. The molecule has 5 nitrogen and oxygen atoms in total. The molecular formula is C17H15F2NO4. The molecule has 1 atom stereocenters. The fraction of sp³-hybridized carbons (Fsp3) is 0.176. The molecule has 0 aliphatic carbocycles. The van der Waals surface area contributed by atoms with E-state index in [-0.39, 0.29) is 17.0 Å². The van der Waals surface area contributed by atoms with Crippen LogP contribution >= 0.6 is 0 Å². The first-order valence-electron chi connectivity index (χ1n) is 7.04. The van der Waals surface area contributed by atoms with Crippen LogP contribution in [0.3, 0.4) is 0 Å². The number of nitrogens with one attached hydrogen (secondary N) is 1. The van der Waals surface area contributed by atoms with Gasteiger partial charge in [-0.1, -0.05) is 11.6 Å². The maximum absolute atomic E-state index is 13.5. The molecule has 0 aliphatic rings. The number of phenolic OH excluding ortho intramolecular Hbond substituents is 1. The van der Waals surface area contributed by atoms with Gasteiger partial charge in [0.15, 0.2) is 6.10 Å². The molecule has 0 spiro atoms. The van der Waals surface area contributed by atoms with Crippen molar-refractivity contribution in [3.05, 3.63) is 59.2 Å². The summed E-state index contributed by atoms with van der Waals surface area (Å²) in [7, 11) is 0. The summed E-state index contributed by atoms with van der Waals surface area (Å²) in [5, 5.41) is 11.8. The Kier molecular flexibility index (Phi) is 5.13. The molecule has 0 aliphatic heterocycles. The van der Waals surface area contributed by atoms with Crippen molar-refractivity contribution < 1.29 is 28.2 Å². The Morgan fingerprint density at radius 2 is 1.88 bits per heavy atom. The predicted octanol–water partition coefficient (Wildman–Crippen LogP) is 3.16. The lowest BCUT2D eigenvalue weighted by atomic mass is 10.1. The molecule has 0 radical (unpaired) electrons. The van der Waals surface area contributed by atoms with E-state index in [1.54, 1.807) is 13.0 Å².